The normalized spacial score (nSPS) is 17.1. The van der Waals surface area contributed by atoms with E-state index in [2.05, 4.69) is 10.3 Å². The van der Waals surface area contributed by atoms with Gasteiger partial charge in [-0.15, -0.1) is 0 Å². The monoisotopic (exact) mass is 347 g/mol. The first kappa shape index (κ1) is 16.5. The first-order valence-electron chi connectivity index (χ1n) is 7.76. The van der Waals surface area contributed by atoms with Crippen molar-refractivity contribution in [3.05, 3.63) is 52.8 Å². The number of carbonyl (C=O) groups excluding carboxylic acids is 2. The topological polar surface area (TPSA) is 85.4 Å². The predicted molar refractivity (Wildman–Crippen MR) is 91.5 cm³/mol. The zero-order valence-electron chi connectivity index (χ0n) is 13.0. The molecule has 3 rings (SSSR count). The average molecular weight is 348 g/mol. The molecule has 24 heavy (non-hydrogen) atoms. The van der Waals surface area contributed by atoms with Gasteiger partial charge in [0.05, 0.1) is 24.0 Å². The Morgan fingerprint density at radius 2 is 2.21 bits per heavy atom. The number of anilines is 1. The fraction of sp³-hybridized carbons (Fsp3) is 0.294. The molecule has 2 aromatic rings. The summed E-state index contributed by atoms with van der Waals surface area (Å²) in [7, 11) is 0. The number of halogens is 1. The maximum atomic E-state index is 12.6. The van der Waals surface area contributed by atoms with Crippen LogP contribution in [0.5, 0.6) is 0 Å². The van der Waals surface area contributed by atoms with E-state index in [-0.39, 0.29) is 24.5 Å². The van der Waals surface area contributed by atoms with Crippen LogP contribution in [0.1, 0.15) is 28.9 Å². The number of carbonyl (C=O) groups is 2. The Kier molecular flexibility index (Phi) is 4.87. The summed E-state index contributed by atoms with van der Waals surface area (Å²) in [6.07, 6.45) is 3.29. The highest BCUT2D eigenvalue weighted by atomic mass is 35.5. The number of rotatable bonds is 4. The Morgan fingerprint density at radius 1 is 1.38 bits per heavy atom. The lowest BCUT2D eigenvalue weighted by Gasteiger charge is -2.24. The second-order valence-electron chi connectivity index (χ2n) is 5.70. The Balaban J connectivity index is 1.85. The van der Waals surface area contributed by atoms with Crippen molar-refractivity contribution >= 4 is 29.1 Å². The number of urea groups is 1. The molecule has 6 nitrogen and oxygen atoms in total. The van der Waals surface area contributed by atoms with Crippen LogP contribution in [-0.4, -0.2) is 46.0 Å². The van der Waals surface area contributed by atoms with Crippen molar-refractivity contribution in [1.82, 2.24) is 9.88 Å². The highest BCUT2D eigenvalue weighted by Crippen LogP contribution is 2.25. The van der Waals surface area contributed by atoms with Gasteiger partial charge < -0.3 is 20.3 Å². The first-order valence-corrected chi connectivity index (χ1v) is 8.14. The number of aromatic nitrogens is 1. The largest absolute Gasteiger partial charge is 0.394 e. The van der Waals surface area contributed by atoms with Crippen LogP contribution in [0.25, 0.3) is 0 Å². The lowest BCUT2D eigenvalue weighted by atomic mass is 10.1. The lowest BCUT2D eigenvalue weighted by Crippen LogP contribution is -2.40. The van der Waals surface area contributed by atoms with Crippen molar-refractivity contribution < 1.29 is 14.7 Å². The van der Waals surface area contributed by atoms with Gasteiger partial charge in [0.1, 0.15) is 0 Å². The van der Waals surface area contributed by atoms with Crippen LogP contribution in [-0.2, 0) is 0 Å². The Hall–Kier alpha value is -2.31. The molecule has 2 heterocycles. The summed E-state index contributed by atoms with van der Waals surface area (Å²) in [6.45, 7) is 0.521. The Bertz CT molecular complexity index is 746. The number of nitrogens with zero attached hydrogens (tertiary/aromatic N) is 1. The summed E-state index contributed by atoms with van der Waals surface area (Å²) in [5.41, 5.74) is 1.13. The molecule has 0 saturated carbocycles. The molecule has 1 atom stereocenters. The molecule has 1 aromatic heterocycles. The molecule has 1 aliphatic heterocycles. The van der Waals surface area contributed by atoms with Gasteiger partial charge in [-0.2, -0.15) is 0 Å². The molecule has 1 saturated heterocycles. The highest BCUT2D eigenvalue weighted by molar-refractivity contribution is 6.31. The number of nitrogens with one attached hydrogen (secondary N) is 2. The van der Waals surface area contributed by atoms with Crippen molar-refractivity contribution in [1.29, 1.82) is 0 Å². The molecule has 0 spiro atoms. The van der Waals surface area contributed by atoms with Crippen molar-refractivity contribution in [3.63, 3.8) is 0 Å². The second-order valence-corrected chi connectivity index (χ2v) is 6.14. The Morgan fingerprint density at radius 3 is 2.92 bits per heavy atom. The molecule has 2 amide bonds. The number of ketones is 1. The van der Waals surface area contributed by atoms with Gasteiger partial charge in [-0.3, -0.25) is 4.79 Å². The minimum Gasteiger partial charge on any atom is -0.394 e. The lowest BCUT2D eigenvalue weighted by molar-refractivity contribution is 0.103. The van der Waals surface area contributed by atoms with Gasteiger partial charge in [-0.1, -0.05) is 11.6 Å². The molecular formula is C17H18ClN3O3. The van der Waals surface area contributed by atoms with E-state index >= 15 is 0 Å². The Labute approximate surface area is 144 Å². The van der Waals surface area contributed by atoms with E-state index in [1.54, 1.807) is 35.4 Å². The minimum absolute atomic E-state index is 0.0672. The highest BCUT2D eigenvalue weighted by Gasteiger charge is 2.28. The van der Waals surface area contributed by atoms with Crippen LogP contribution < -0.4 is 5.32 Å². The summed E-state index contributed by atoms with van der Waals surface area (Å²) in [5.74, 6) is -0.252. The maximum absolute atomic E-state index is 12.6. The van der Waals surface area contributed by atoms with Crippen LogP contribution in [0.15, 0.2) is 36.5 Å². The molecule has 0 aliphatic carbocycles. The molecule has 1 aromatic carbocycles. The third-order valence-corrected chi connectivity index (χ3v) is 4.39. The summed E-state index contributed by atoms with van der Waals surface area (Å²) in [4.78, 5) is 29.5. The number of hydrogen-bond acceptors (Lipinski definition) is 3. The number of likely N-dealkylation sites (tertiary alicyclic amines) is 1. The minimum atomic E-state index is -0.325. The molecule has 0 unspecified atom stereocenters. The van der Waals surface area contributed by atoms with Crippen molar-refractivity contribution in [2.24, 2.45) is 0 Å². The van der Waals surface area contributed by atoms with E-state index < -0.39 is 0 Å². The van der Waals surface area contributed by atoms with Gasteiger partial charge in [-0.05, 0) is 43.2 Å². The summed E-state index contributed by atoms with van der Waals surface area (Å²) in [6, 6.07) is 7.66. The van der Waals surface area contributed by atoms with E-state index in [0.29, 0.717) is 28.5 Å². The van der Waals surface area contributed by atoms with Gasteiger partial charge in [0.15, 0.2) is 0 Å². The molecule has 1 aliphatic rings. The summed E-state index contributed by atoms with van der Waals surface area (Å²) >= 11 is 6.01. The van der Waals surface area contributed by atoms with E-state index in [1.165, 1.54) is 6.07 Å². The number of aliphatic hydroxyl groups is 1. The number of aliphatic hydroxyl groups excluding tert-OH is 1. The summed E-state index contributed by atoms with van der Waals surface area (Å²) < 4.78 is 0. The molecule has 7 heteroatoms. The van der Waals surface area contributed by atoms with Crippen molar-refractivity contribution in [3.8, 4) is 0 Å². The number of benzene rings is 1. The number of hydrogen-bond donors (Lipinski definition) is 3. The fourth-order valence-electron chi connectivity index (χ4n) is 2.91. The maximum Gasteiger partial charge on any atom is 0.322 e. The van der Waals surface area contributed by atoms with E-state index in [1.807, 2.05) is 0 Å². The number of aromatic amines is 1. The van der Waals surface area contributed by atoms with Gasteiger partial charge >= 0.3 is 6.03 Å². The first-order chi connectivity index (χ1) is 11.6. The third-order valence-electron chi connectivity index (χ3n) is 4.16. The van der Waals surface area contributed by atoms with Gasteiger partial charge in [-0.25, -0.2) is 4.79 Å². The van der Waals surface area contributed by atoms with Crippen LogP contribution in [0.2, 0.25) is 5.02 Å². The number of amides is 2. The zero-order chi connectivity index (χ0) is 17.1. The molecule has 0 radical (unpaired) electrons. The zero-order valence-corrected chi connectivity index (χ0v) is 13.7. The standard InChI is InChI=1S/C17H18ClN3O3/c18-11-5-6-14(13(9-11)16(23)15-4-1-7-19-15)20-17(24)21-8-2-3-12(21)10-22/h1,4-7,9,12,19,22H,2-3,8,10H2,(H,20,24)/t12-/m0/s1. The van der Waals surface area contributed by atoms with E-state index in [0.717, 1.165) is 12.8 Å². The molecular weight excluding hydrogens is 330 g/mol. The van der Waals surface area contributed by atoms with Gasteiger partial charge in [0.25, 0.3) is 0 Å². The number of H-pyrrole nitrogens is 1. The van der Waals surface area contributed by atoms with E-state index in [4.69, 9.17) is 11.6 Å². The van der Waals surface area contributed by atoms with Crippen LogP contribution in [0.3, 0.4) is 0 Å². The molecule has 1 fully saturated rings. The molecule has 126 valence electrons. The summed E-state index contributed by atoms with van der Waals surface area (Å²) in [5, 5.41) is 12.5. The van der Waals surface area contributed by atoms with Gasteiger partial charge in [0, 0.05) is 23.3 Å². The average Bonchev–Trinajstić information content (AvgIpc) is 3.26. The van der Waals surface area contributed by atoms with Crippen LogP contribution in [0, 0.1) is 0 Å². The smallest absolute Gasteiger partial charge is 0.322 e. The predicted octanol–water partition coefficient (Wildman–Crippen LogP) is 2.89. The van der Waals surface area contributed by atoms with Crippen LogP contribution in [0.4, 0.5) is 10.5 Å². The van der Waals surface area contributed by atoms with Gasteiger partial charge in [0.2, 0.25) is 5.78 Å². The molecule has 3 N–H and O–H groups in total. The SMILES string of the molecule is O=C(c1ccc[nH]1)c1cc(Cl)ccc1NC(=O)N1CCC[C@H]1CO. The second kappa shape index (κ2) is 7.07. The van der Waals surface area contributed by atoms with E-state index in [9.17, 15) is 14.7 Å². The quantitative estimate of drug-likeness (QED) is 0.743. The fourth-order valence-corrected chi connectivity index (χ4v) is 3.08. The van der Waals surface area contributed by atoms with Crippen LogP contribution >= 0.6 is 11.6 Å². The van der Waals surface area contributed by atoms with Crippen molar-refractivity contribution in [2.75, 3.05) is 18.5 Å². The van der Waals surface area contributed by atoms with Crippen molar-refractivity contribution in [2.45, 2.75) is 18.9 Å². The third kappa shape index (κ3) is 3.29. The molecule has 0 bridgehead atoms.